The van der Waals surface area contributed by atoms with Crippen LogP contribution >= 0.6 is 0 Å². The minimum atomic E-state index is -1.21. The molecule has 0 radical (unpaired) electrons. The summed E-state index contributed by atoms with van der Waals surface area (Å²) in [6.45, 7) is 2.91. The van der Waals surface area contributed by atoms with E-state index in [4.69, 9.17) is 4.98 Å². The number of piperidine rings is 2. The maximum Gasteiger partial charge on any atom is 0.254 e. The monoisotopic (exact) mass is 406 g/mol. The van der Waals surface area contributed by atoms with E-state index >= 15 is 0 Å². The molecule has 1 spiro atoms. The van der Waals surface area contributed by atoms with Gasteiger partial charge in [-0.15, -0.1) is 0 Å². The molecule has 2 saturated heterocycles. The summed E-state index contributed by atoms with van der Waals surface area (Å²) in [6, 6.07) is 10.1. The molecule has 1 atom stereocenters. The maximum atomic E-state index is 13.3. The Morgan fingerprint density at radius 2 is 1.83 bits per heavy atom. The van der Waals surface area contributed by atoms with Crippen molar-refractivity contribution in [3.8, 4) is 11.4 Å². The van der Waals surface area contributed by atoms with Crippen molar-refractivity contribution in [2.24, 2.45) is 0 Å². The van der Waals surface area contributed by atoms with Crippen LogP contribution in [0, 0.1) is 0 Å². The lowest BCUT2D eigenvalue weighted by molar-refractivity contribution is -0.158. The fourth-order valence-corrected chi connectivity index (χ4v) is 5.47. The first-order valence-corrected chi connectivity index (χ1v) is 11.1. The third kappa shape index (κ3) is 3.32. The molecule has 0 bridgehead atoms. The molecule has 3 aliphatic rings. The van der Waals surface area contributed by atoms with Gasteiger partial charge in [0.2, 0.25) is 0 Å². The SMILES string of the molecule is CN1CCC(O)(C(=O)N2CCCC3(CCc4cnc(-c5ccccc5)nc43)C2)CC1. The molecule has 2 fully saturated rings. The average Bonchev–Trinajstić information content (AvgIpc) is 3.13. The summed E-state index contributed by atoms with van der Waals surface area (Å²) in [6.07, 6.45) is 6.96. The van der Waals surface area contributed by atoms with Crippen molar-refractivity contribution in [3.05, 3.63) is 47.8 Å². The van der Waals surface area contributed by atoms with Crippen LogP contribution in [0.1, 0.15) is 43.4 Å². The number of carbonyl (C=O) groups excluding carboxylic acids is 1. The van der Waals surface area contributed by atoms with Crippen molar-refractivity contribution < 1.29 is 9.90 Å². The Balaban J connectivity index is 1.42. The molecular formula is C24H30N4O2. The van der Waals surface area contributed by atoms with Gasteiger partial charge in [0.1, 0.15) is 5.60 Å². The Morgan fingerprint density at radius 1 is 1.07 bits per heavy atom. The van der Waals surface area contributed by atoms with Crippen LogP contribution < -0.4 is 0 Å². The van der Waals surface area contributed by atoms with Crippen molar-refractivity contribution in [2.75, 3.05) is 33.2 Å². The lowest BCUT2D eigenvalue weighted by Gasteiger charge is -2.45. The normalized spacial score (nSPS) is 26.0. The highest BCUT2D eigenvalue weighted by atomic mass is 16.3. The third-order valence-electron chi connectivity index (χ3n) is 7.35. The van der Waals surface area contributed by atoms with E-state index in [1.807, 2.05) is 48.5 Å². The van der Waals surface area contributed by atoms with E-state index in [0.29, 0.717) is 19.4 Å². The predicted molar refractivity (Wildman–Crippen MR) is 115 cm³/mol. The summed E-state index contributed by atoms with van der Waals surface area (Å²) >= 11 is 0. The molecule has 1 aromatic heterocycles. The summed E-state index contributed by atoms with van der Waals surface area (Å²) in [5.74, 6) is 0.675. The van der Waals surface area contributed by atoms with Crippen LogP contribution in [0.3, 0.4) is 0 Å². The summed E-state index contributed by atoms with van der Waals surface area (Å²) in [5.41, 5.74) is 2.02. The molecule has 0 saturated carbocycles. The first-order chi connectivity index (χ1) is 14.5. The number of aliphatic hydroxyl groups is 1. The highest BCUT2D eigenvalue weighted by Gasteiger charge is 2.48. The maximum absolute atomic E-state index is 13.3. The van der Waals surface area contributed by atoms with Crippen LogP contribution in [0.15, 0.2) is 36.5 Å². The standard InChI is InChI=1S/C24H30N4O2/c1-27-14-11-24(30,12-15-27)22(29)28-13-5-9-23(17-28)10-8-19-16-25-21(26-20(19)23)18-6-3-2-4-7-18/h2-4,6-7,16,30H,5,8-15,17H2,1H3. The van der Waals surface area contributed by atoms with Gasteiger partial charge in [-0.25, -0.2) is 9.97 Å². The molecule has 2 aromatic rings. The Morgan fingerprint density at radius 3 is 2.60 bits per heavy atom. The number of likely N-dealkylation sites (tertiary alicyclic amines) is 2. The minimum Gasteiger partial charge on any atom is -0.380 e. The Labute approximate surface area is 177 Å². The van der Waals surface area contributed by atoms with E-state index in [1.54, 1.807) is 0 Å². The lowest BCUT2D eigenvalue weighted by atomic mass is 9.76. The van der Waals surface area contributed by atoms with Gasteiger partial charge >= 0.3 is 0 Å². The van der Waals surface area contributed by atoms with Crippen molar-refractivity contribution >= 4 is 5.91 Å². The minimum absolute atomic E-state index is 0.0829. The van der Waals surface area contributed by atoms with Crippen LogP contribution in [0.5, 0.6) is 0 Å². The van der Waals surface area contributed by atoms with Gasteiger partial charge in [0.05, 0.1) is 5.69 Å². The highest BCUT2D eigenvalue weighted by Crippen LogP contribution is 2.45. The summed E-state index contributed by atoms with van der Waals surface area (Å²) in [4.78, 5) is 27.1. The molecule has 1 N–H and O–H groups in total. The van der Waals surface area contributed by atoms with Crippen LogP contribution in [-0.4, -0.2) is 69.6 Å². The van der Waals surface area contributed by atoms with E-state index in [-0.39, 0.29) is 11.3 Å². The fourth-order valence-electron chi connectivity index (χ4n) is 5.47. The lowest BCUT2D eigenvalue weighted by Crippen LogP contribution is -2.58. The number of aromatic nitrogens is 2. The van der Waals surface area contributed by atoms with E-state index in [0.717, 1.165) is 62.4 Å². The van der Waals surface area contributed by atoms with Gasteiger partial charge in [-0.1, -0.05) is 30.3 Å². The third-order valence-corrected chi connectivity index (χ3v) is 7.35. The molecule has 1 aromatic carbocycles. The largest absolute Gasteiger partial charge is 0.380 e. The van der Waals surface area contributed by atoms with Crippen molar-refractivity contribution in [1.29, 1.82) is 0 Å². The molecule has 158 valence electrons. The van der Waals surface area contributed by atoms with E-state index < -0.39 is 5.60 Å². The number of fused-ring (bicyclic) bond motifs is 2. The number of benzene rings is 1. The molecule has 1 aliphatic carbocycles. The number of aryl methyl sites for hydroxylation is 1. The van der Waals surface area contributed by atoms with Crippen molar-refractivity contribution in [2.45, 2.75) is 49.5 Å². The molecule has 5 rings (SSSR count). The molecule has 30 heavy (non-hydrogen) atoms. The second-order valence-corrected chi connectivity index (χ2v) is 9.38. The molecular weight excluding hydrogens is 376 g/mol. The van der Waals surface area contributed by atoms with Gasteiger partial charge in [0, 0.05) is 43.4 Å². The van der Waals surface area contributed by atoms with Gasteiger partial charge in [0.15, 0.2) is 5.82 Å². The Hall–Kier alpha value is -2.31. The zero-order chi connectivity index (χ0) is 20.8. The molecule has 1 amide bonds. The summed E-state index contributed by atoms with van der Waals surface area (Å²) in [7, 11) is 2.04. The molecule has 2 aliphatic heterocycles. The zero-order valence-corrected chi connectivity index (χ0v) is 17.7. The smallest absolute Gasteiger partial charge is 0.254 e. The molecule has 6 nitrogen and oxygen atoms in total. The molecule has 6 heteroatoms. The van der Waals surface area contributed by atoms with Gasteiger partial charge in [-0.2, -0.15) is 0 Å². The second-order valence-electron chi connectivity index (χ2n) is 9.38. The van der Waals surface area contributed by atoms with Gasteiger partial charge in [-0.05, 0) is 51.1 Å². The zero-order valence-electron chi connectivity index (χ0n) is 17.7. The molecule has 3 heterocycles. The number of rotatable bonds is 2. The number of hydrogen-bond acceptors (Lipinski definition) is 5. The van der Waals surface area contributed by atoms with E-state index in [1.165, 1.54) is 5.56 Å². The number of amides is 1. The van der Waals surface area contributed by atoms with E-state index in [9.17, 15) is 9.90 Å². The first kappa shape index (κ1) is 19.6. The topological polar surface area (TPSA) is 69.6 Å². The second kappa shape index (κ2) is 7.43. The molecule has 1 unspecified atom stereocenters. The highest BCUT2D eigenvalue weighted by molar-refractivity contribution is 5.85. The van der Waals surface area contributed by atoms with Gasteiger partial charge in [-0.3, -0.25) is 4.79 Å². The van der Waals surface area contributed by atoms with Gasteiger partial charge in [0.25, 0.3) is 5.91 Å². The summed E-state index contributed by atoms with van der Waals surface area (Å²) in [5, 5.41) is 11.1. The number of carbonyl (C=O) groups is 1. The van der Waals surface area contributed by atoms with Gasteiger partial charge < -0.3 is 14.9 Å². The number of hydrogen-bond donors (Lipinski definition) is 1. The fraction of sp³-hybridized carbons (Fsp3) is 0.542. The van der Waals surface area contributed by atoms with Crippen LogP contribution in [0.2, 0.25) is 0 Å². The van der Waals surface area contributed by atoms with E-state index in [2.05, 4.69) is 9.88 Å². The quantitative estimate of drug-likeness (QED) is 0.829. The van der Waals surface area contributed by atoms with Crippen LogP contribution in [0.25, 0.3) is 11.4 Å². The Bertz CT molecular complexity index is 935. The van der Waals surface area contributed by atoms with Crippen molar-refractivity contribution in [3.63, 3.8) is 0 Å². The average molecular weight is 407 g/mol. The van der Waals surface area contributed by atoms with Crippen LogP contribution in [-0.2, 0) is 16.6 Å². The Kier molecular flexibility index (Phi) is 4.86. The van der Waals surface area contributed by atoms with Crippen molar-refractivity contribution in [1.82, 2.24) is 19.8 Å². The number of nitrogens with zero attached hydrogens (tertiary/aromatic N) is 4. The predicted octanol–water partition coefficient (Wildman–Crippen LogP) is 2.41. The summed E-state index contributed by atoms with van der Waals surface area (Å²) < 4.78 is 0. The first-order valence-electron chi connectivity index (χ1n) is 11.1. The van der Waals surface area contributed by atoms with Crippen LogP contribution in [0.4, 0.5) is 0 Å².